The van der Waals surface area contributed by atoms with Crippen LogP contribution in [0, 0.1) is 0 Å². The van der Waals surface area contributed by atoms with E-state index in [2.05, 4.69) is 42.2 Å². The predicted molar refractivity (Wildman–Crippen MR) is 81.1 cm³/mol. The monoisotopic (exact) mass is 276 g/mol. The molecule has 0 aliphatic rings. The molecule has 0 saturated heterocycles. The molecule has 0 bridgehead atoms. The lowest BCUT2D eigenvalue weighted by Gasteiger charge is -2.16. The van der Waals surface area contributed by atoms with E-state index in [0.29, 0.717) is 6.42 Å². The Bertz CT molecular complexity index is 583. The summed E-state index contributed by atoms with van der Waals surface area (Å²) in [6.07, 6.45) is 3.95. The van der Waals surface area contributed by atoms with Crippen LogP contribution in [0.1, 0.15) is 46.7 Å². The van der Waals surface area contributed by atoms with Crippen molar-refractivity contribution in [3.05, 3.63) is 24.2 Å². The van der Waals surface area contributed by atoms with Crippen LogP contribution < -0.4 is 5.32 Å². The molecule has 0 fully saturated rings. The average molecular weight is 276 g/mol. The molecule has 0 radical (unpaired) electrons. The number of nitrogens with one attached hydrogen (secondary N) is 1. The van der Waals surface area contributed by atoms with Crippen LogP contribution in [0.5, 0.6) is 0 Å². The van der Waals surface area contributed by atoms with E-state index in [1.807, 2.05) is 17.6 Å². The summed E-state index contributed by atoms with van der Waals surface area (Å²) in [5.41, 5.74) is 2.01. The highest BCUT2D eigenvalue weighted by molar-refractivity contribution is 5.68. The van der Waals surface area contributed by atoms with Gasteiger partial charge in [0.2, 0.25) is 0 Å². The van der Waals surface area contributed by atoms with Crippen molar-refractivity contribution in [2.45, 2.75) is 58.6 Å². The lowest BCUT2D eigenvalue weighted by atomic mass is 9.92. The van der Waals surface area contributed by atoms with Crippen molar-refractivity contribution < 1.29 is 5.11 Å². The molecule has 2 aromatic heterocycles. The number of aliphatic hydroxyl groups excluding tert-OH is 1. The van der Waals surface area contributed by atoms with E-state index >= 15 is 0 Å². The number of anilines is 1. The van der Waals surface area contributed by atoms with Gasteiger partial charge in [0.1, 0.15) is 5.52 Å². The fraction of sp³-hybridized carbons (Fsp3) is 0.600. The zero-order chi connectivity index (χ0) is 14.9. The fourth-order valence-corrected chi connectivity index (χ4v) is 2.20. The Balaban J connectivity index is 2.32. The maximum absolute atomic E-state index is 9.45. The molecule has 2 atom stereocenters. The Kier molecular flexibility index (Phi) is 3.99. The summed E-state index contributed by atoms with van der Waals surface area (Å²) in [7, 11) is 0. The minimum atomic E-state index is -0.327. The topological polar surface area (TPSA) is 62.5 Å². The van der Waals surface area contributed by atoms with Crippen molar-refractivity contribution in [1.29, 1.82) is 0 Å². The number of rotatable bonds is 4. The van der Waals surface area contributed by atoms with Gasteiger partial charge in [-0.05, 0) is 26.3 Å². The Morgan fingerprint density at radius 2 is 2.05 bits per heavy atom. The standard InChI is InChI=1S/C15H24N4O/c1-10(8-11(2)20)17-14-12-9-13(15(3,4)5)18-19(12)7-6-16-14/h6-7,9-11,20H,8H2,1-5H3,(H,16,17). The molecule has 2 heterocycles. The number of aliphatic hydroxyl groups is 1. The molecule has 0 aliphatic heterocycles. The molecule has 0 aromatic carbocycles. The highest BCUT2D eigenvalue weighted by Gasteiger charge is 2.19. The highest BCUT2D eigenvalue weighted by Crippen LogP contribution is 2.25. The minimum absolute atomic E-state index is 0.00845. The van der Waals surface area contributed by atoms with E-state index < -0.39 is 0 Å². The summed E-state index contributed by atoms with van der Waals surface area (Å²) < 4.78 is 1.85. The zero-order valence-electron chi connectivity index (χ0n) is 12.9. The third-order valence-electron chi connectivity index (χ3n) is 3.24. The summed E-state index contributed by atoms with van der Waals surface area (Å²) in [6, 6.07) is 2.23. The van der Waals surface area contributed by atoms with Gasteiger partial charge in [0.05, 0.1) is 11.8 Å². The van der Waals surface area contributed by atoms with Crippen LogP contribution in [0.25, 0.3) is 5.52 Å². The second-order valence-corrected chi connectivity index (χ2v) is 6.52. The van der Waals surface area contributed by atoms with Crippen molar-refractivity contribution in [1.82, 2.24) is 14.6 Å². The number of nitrogens with zero attached hydrogens (tertiary/aromatic N) is 3. The number of aromatic nitrogens is 3. The minimum Gasteiger partial charge on any atom is -0.393 e. The predicted octanol–water partition coefficient (Wildman–Crippen LogP) is 2.60. The van der Waals surface area contributed by atoms with Crippen LogP contribution in [-0.2, 0) is 5.41 Å². The fourth-order valence-electron chi connectivity index (χ4n) is 2.20. The molecule has 5 nitrogen and oxygen atoms in total. The maximum Gasteiger partial charge on any atom is 0.152 e. The molecule has 0 aliphatic carbocycles. The van der Waals surface area contributed by atoms with Crippen molar-refractivity contribution in [2.24, 2.45) is 0 Å². The zero-order valence-corrected chi connectivity index (χ0v) is 12.9. The van der Waals surface area contributed by atoms with Crippen LogP contribution in [0.3, 0.4) is 0 Å². The van der Waals surface area contributed by atoms with Crippen molar-refractivity contribution in [3.8, 4) is 0 Å². The lowest BCUT2D eigenvalue weighted by molar-refractivity contribution is 0.179. The highest BCUT2D eigenvalue weighted by atomic mass is 16.3. The third-order valence-corrected chi connectivity index (χ3v) is 3.24. The summed E-state index contributed by atoms with van der Waals surface area (Å²) in [5, 5.41) is 17.4. The van der Waals surface area contributed by atoms with Crippen LogP contribution in [0.2, 0.25) is 0 Å². The van der Waals surface area contributed by atoms with Gasteiger partial charge in [-0.2, -0.15) is 5.10 Å². The molecule has 0 saturated carbocycles. The molecule has 2 unspecified atom stereocenters. The van der Waals surface area contributed by atoms with E-state index in [1.165, 1.54) is 0 Å². The largest absolute Gasteiger partial charge is 0.393 e. The molecule has 0 spiro atoms. The van der Waals surface area contributed by atoms with Crippen molar-refractivity contribution in [2.75, 3.05) is 5.32 Å². The first kappa shape index (κ1) is 14.8. The number of fused-ring (bicyclic) bond motifs is 1. The van der Waals surface area contributed by atoms with Crippen LogP contribution in [-0.4, -0.2) is 31.9 Å². The van der Waals surface area contributed by atoms with Gasteiger partial charge in [0.15, 0.2) is 5.82 Å². The van der Waals surface area contributed by atoms with E-state index in [-0.39, 0.29) is 17.6 Å². The lowest BCUT2D eigenvalue weighted by Crippen LogP contribution is -2.21. The Morgan fingerprint density at radius 3 is 2.65 bits per heavy atom. The van der Waals surface area contributed by atoms with E-state index in [4.69, 9.17) is 0 Å². The van der Waals surface area contributed by atoms with Gasteiger partial charge >= 0.3 is 0 Å². The molecule has 2 rings (SSSR count). The van der Waals surface area contributed by atoms with Crippen LogP contribution in [0.15, 0.2) is 18.5 Å². The molecule has 110 valence electrons. The van der Waals surface area contributed by atoms with Crippen molar-refractivity contribution >= 4 is 11.3 Å². The van der Waals surface area contributed by atoms with Crippen LogP contribution in [0.4, 0.5) is 5.82 Å². The van der Waals surface area contributed by atoms with Crippen LogP contribution >= 0.6 is 0 Å². The molecule has 20 heavy (non-hydrogen) atoms. The van der Waals surface area contributed by atoms with E-state index in [1.54, 1.807) is 13.1 Å². The molecule has 5 heteroatoms. The first-order valence-electron chi connectivity index (χ1n) is 7.07. The third kappa shape index (κ3) is 3.28. The van der Waals surface area contributed by atoms with Gasteiger partial charge in [-0.3, -0.25) is 0 Å². The SMILES string of the molecule is CC(O)CC(C)Nc1nccn2nc(C(C)(C)C)cc12. The Hall–Kier alpha value is -1.62. The summed E-state index contributed by atoms with van der Waals surface area (Å²) in [6.45, 7) is 10.3. The molecule has 2 aromatic rings. The normalized spacial score (nSPS) is 15.3. The van der Waals surface area contributed by atoms with Crippen molar-refractivity contribution in [3.63, 3.8) is 0 Å². The van der Waals surface area contributed by atoms with E-state index in [0.717, 1.165) is 17.0 Å². The number of hydrogen-bond acceptors (Lipinski definition) is 4. The average Bonchev–Trinajstić information content (AvgIpc) is 2.72. The molecule has 2 N–H and O–H groups in total. The number of hydrogen-bond donors (Lipinski definition) is 2. The first-order chi connectivity index (χ1) is 9.27. The van der Waals surface area contributed by atoms with Gasteiger partial charge in [-0.25, -0.2) is 9.50 Å². The van der Waals surface area contributed by atoms with Gasteiger partial charge in [0, 0.05) is 23.9 Å². The molecular weight excluding hydrogens is 252 g/mol. The summed E-state index contributed by atoms with van der Waals surface area (Å²) in [4.78, 5) is 4.40. The molecular formula is C15H24N4O. The Morgan fingerprint density at radius 1 is 1.35 bits per heavy atom. The van der Waals surface area contributed by atoms with Gasteiger partial charge in [-0.1, -0.05) is 20.8 Å². The summed E-state index contributed by atoms with van der Waals surface area (Å²) >= 11 is 0. The second-order valence-electron chi connectivity index (χ2n) is 6.52. The first-order valence-corrected chi connectivity index (χ1v) is 7.07. The smallest absolute Gasteiger partial charge is 0.152 e. The quantitative estimate of drug-likeness (QED) is 0.901. The van der Waals surface area contributed by atoms with Gasteiger partial charge in [-0.15, -0.1) is 0 Å². The Labute approximate surface area is 120 Å². The second kappa shape index (κ2) is 5.40. The van der Waals surface area contributed by atoms with Gasteiger partial charge < -0.3 is 10.4 Å². The van der Waals surface area contributed by atoms with Gasteiger partial charge in [0.25, 0.3) is 0 Å². The summed E-state index contributed by atoms with van der Waals surface area (Å²) in [5.74, 6) is 0.809. The molecule has 0 amide bonds. The van der Waals surface area contributed by atoms with E-state index in [9.17, 15) is 5.11 Å². The maximum atomic E-state index is 9.45.